The summed E-state index contributed by atoms with van der Waals surface area (Å²) in [6.07, 6.45) is 0. The van der Waals surface area contributed by atoms with Crippen molar-refractivity contribution in [2.24, 2.45) is 0 Å². The van der Waals surface area contributed by atoms with Crippen molar-refractivity contribution >= 4 is 41.2 Å². The Labute approximate surface area is 278 Å². The van der Waals surface area contributed by atoms with Gasteiger partial charge in [-0.05, 0) is 34.7 Å². The topological polar surface area (TPSA) is 129 Å². The lowest BCUT2D eigenvalue weighted by Gasteiger charge is -2.46. The zero-order valence-electron chi connectivity index (χ0n) is 27.8. The van der Waals surface area contributed by atoms with Gasteiger partial charge < -0.3 is 28.7 Å². The second-order valence-electron chi connectivity index (χ2n) is 12.2. The Balaban J connectivity index is 2.01. The molecule has 1 amide bonds. The van der Waals surface area contributed by atoms with Crippen molar-refractivity contribution in [3.63, 3.8) is 0 Å². The molecular formula is C37H36N2O9. The average molecular weight is 653 g/mol. The van der Waals surface area contributed by atoms with Gasteiger partial charge in [0.2, 0.25) is 0 Å². The van der Waals surface area contributed by atoms with E-state index in [1.54, 1.807) is 36.4 Å². The van der Waals surface area contributed by atoms with Gasteiger partial charge in [0.05, 0.1) is 51.8 Å². The monoisotopic (exact) mass is 652 g/mol. The van der Waals surface area contributed by atoms with Crippen LogP contribution in [0.15, 0.2) is 101 Å². The number of fused-ring (bicyclic) bond motifs is 2. The molecule has 1 unspecified atom stereocenters. The first-order chi connectivity index (χ1) is 22.9. The molecule has 2 aliphatic rings. The third-order valence-electron chi connectivity index (χ3n) is 8.52. The third-order valence-corrected chi connectivity index (χ3v) is 8.52. The molecule has 2 aliphatic heterocycles. The van der Waals surface area contributed by atoms with Crippen molar-refractivity contribution < 1.29 is 42.9 Å². The van der Waals surface area contributed by atoms with Crippen molar-refractivity contribution in [2.45, 2.75) is 38.3 Å². The Kier molecular flexibility index (Phi) is 8.99. The number of benzene rings is 3. The smallest absolute Gasteiger partial charge is 0.355 e. The fourth-order valence-corrected chi connectivity index (χ4v) is 6.31. The molecule has 0 aliphatic carbocycles. The minimum absolute atomic E-state index is 0.0678. The lowest BCUT2D eigenvalue weighted by Crippen LogP contribution is -2.60. The summed E-state index contributed by atoms with van der Waals surface area (Å²) in [7, 11) is 4.29. The van der Waals surface area contributed by atoms with Crippen molar-refractivity contribution in [1.29, 1.82) is 0 Å². The molecule has 3 aromatic rings. The van der Waals surface area contributed by atoms with Gasteiger partial charge in [0, 0.05) is 11.3 Å². The van der Waals surface area contributed by atoms with Gasteiger partial charge in [-0.25, -0.2) is 19.2 Å². The summed E-state index contributed by atoms with van der Waals surface area (Å²) in [5.41, 5.74) is -2.29. The van der Waals surface area contributed by atoms with Gasteiger partial charge >= 0.3 is 23.9 Å². The molecule has 0 bridgehead atoms. The first-order valence-corrected chi connectivity index (χ1v) is 15.1. The van der Waals surface area contributed by atoms with Crippen molar-refractivity contribution in [1.82, 2.24) is 0 Å². The molecule has 3 aromatic carbocycles. The summed E-state index contributed by atoms with van der Waals surface area (Å²) in [6, 6.07) is 22.9. The SMILES string of the molecule is COC(=O)C1=C(C(=O)OC)N(c2ccc(C(C)(C)C)cc2)C2(C(=O)N(Cc3ccccc3)c3ccccc32)C(C(=O)OC)=C1C(=O)OC. The Morgan fingerprint density at radius 3 is 1.77 bits per heavy atom. The highest BCUT2D eigenvalue weighted by Gasteiger charge is 2.65. The van der Waals surface area contributed by atoms with Crippen LogP contribution >= 0.6 is 0 Å². The minimum atomic E-state index is -2.27. The number of rotatable bonds is 7. The molecular weight excluding hydrogens is 616 g/mol. The predicted octanol–water partition coefficient (Wildman–Crippen LogP) is 4.49. The first-order valence-electron chi connectivity index (χ1n) is 15.1. The molecule has 1 atom stereocenters. The minimum Gasteiger partial charge on any atom is -0.466 e. The fourth-order valence-electron chi connectivity index (χ4n) is 6.31. The van der Waals surface area contributed by atoms with Crippen LogP contribution in [0.1, 0.15) is 37.5 Å². The van der Waals surface area contributed by atoms with E-state index < -0.39 is 57.7 Å². The Morgan fingerprint density at radius 2 is 1.21 bits per heavy atom. The van der Waals surface area contributed by atoms with E-state index >= 15 is 4.79 Å². The number of anilines is 2. The summed E-state index contributed by atoms with van der Waals surface area (Å²) >= 11 is 0. The number of hydrogen-bond acceptors (Lipinski definition) is 10. The number of esters is 4. The van der Waals surface area contributed by atoms with Crippen LogP contribution in [0, 0.1) is 0 Å². The van der Waals surface area contributed by atoms with Crippen LogP contribution in [-0.4, -0.2) is 58.2 Å². The Hall–Kier alpha value is -5.71. The summed E-state index contributed by atoms with van der Waals surface area (Å²) in [4.78, 5) is 73.8. The quantitative estimate of drug-likeness (QED) is 0.266. The molecule has 0 saturated carbocycles. The molecule has 0 N–H and O–H groups in total. The number of carbonyl (C=O) groups excluding carboxylic acids is 5. The van der Waals surface area contributed by atoms with Crippen LogP contribution in [0.2, 0.25) is 0 Å². The van der Waals surface area contributed by atoms with Crippen molar-refractivity contribution in [2.75, 3.05) is 38.2 Å². The number of ether oxygens (including phenoxy) is 4. The van der Waals surface area contributed by atoms with Gasteiger partial charge in [-0.2, -0.15) is 0 Å². The molecule has 1 spiro atoms. The van der Waals surface area contributed by atoms with Gasteiger partial charge in [-0.3, -0.25) is 4.79 Å². The summed E-state index contributed by atoms with van der Waals surface area (Å²) in [5, 5.41) is 0. The normalized spacial score (nSPS) is 17.4. The zero-order valence-corrected chi connectivity index (χ0v) is 27.8. The van der Waals surface area contributed by atoms with Crippen LogP contribution in [0.5, 0.6) is 0 Å². The molecule has 0 aromatic heterocycles. The standard InChI is InChI=1S/C37H36N2O9/c1-36(2,3)23-17-19-24(20-18-23)39-30(34(43)48-7)28(32(41)46-5)27(31(40)45-4)29(33(42)47-6)37(39)25-15-11-12-16-26(25)38(35(37)44)21-22-13-9-8-10-14-22/h8-20H,21H2,1-7H3. The molecule has 11 nitrogen and oxygen atoms in total. The maximum atomic E-state index is 15.4. The fraction of sp³-hybridized carbons (Fsp3) is 0.270. The van der Waals surface area contributed by atoms with E-state index in [4.69, 9.17) is 18.9 Å². The van der Waals surface area contributed by atoms with E-state index in [2.05, 4.69) is 0 Å². The van der Waals surface area contributed by atoms with Crippen LogP contribution in [0.3, 0.4) is 0 Å². The second-order valence-corrected chi connectivity index (χ2v) is 12.2. The number of hydrogen-bond donors (Lipinski definition) is 0. The van der Waals surface area contributed by atoms with Gasteiger partial charge in [0.15, 0.2) is 5.54 Å². The van der Waals surface area contributed by atoms with E-state index in [1.165, 1.54) is 9.80 Å². The third kappa shape index (κ3) is 5.21. The summed E-state index contributed by atoms with van der Waals surface area (Å²) in [6.45, 7) is 6.15. The zero-order chi connectivity index (χ0) is 35.0. The number of carbonyl (C=O) groups is 5. The molecule has 2 heterocycles. The van der Waals surface area contributed by atoms with Crippen LogP contribution in [-0.2, 0) is 60.4 Å². The van der Waals surface area contributed by atoms with Gasteiger partial charge in [-0.1, -0.05) is 81.4 Å². The molecule has 0 fully saturated rings. The summed E-state index contributed by atoms with van der Waals surface area (Å²) in [5.74, 6) is -5.21. The molecule has 248 valence electrons. The maximum Gasteiger partial charge on any atom is 0.355 e. The van der Waals surface area contributed by atoms with Gasteiger partial charge in [-0.15, -0.1) is 0 Å². The number of methoxy groups -OCH3 is 4. The lowest BCUT2D eigenvalue weighted by atomic mass is 9.73. The van der Waals surface area contributed by atoms with Crippen LogP contribution in [0.25, 0.3) is 0 Å². The Morgan fingerprint density at radius 1 is 0.667 bits per heavy atom. The number of nitrogens with zero attached hydrogens (tertiary/aromatic N) is 2. The molecule has 5 rings (SSSR count). The molecule has 0 radical (unpaired) electrons. The van der Waals surface area contributed by atoms with Crippen LogP contribution in [0.4, 0.5) is 11.4 Å². The van der Waals surface area contributed by atoms with Crippen LogP contribution < -0.4 is 9.80 Å². The van der Waals surface area contributed by atoms with Gasteiger partial charge in [0.25, 0.3) is 5.91 Å². The van der Waals surface area contributed by atoms with E-state index in [1.807, 2.05) is 63.2 Å². The second kappa shape index (κ2) is 12.8. The molecule has 48 heavy (non-hydrogen) atoms. The lowest BCUT2D eigenvalue weighted by molar-refractivity contribution is -0.143. The van der Waals surface area contributed by atoms with Crippen molar-refractivity contribution in [3.05, 3.63) is 118 Å². The van der Waals surface area contributed by atoms with E-state index in [9.17, 15) is 19.2 Å². The molecule has 11 heteroatoms. The Bertz CT molecular complexity index is 1870. The van der Waals surface area contributed by atoms with E-state index in [-0.39, 0.29) is 23.2 Å². The highest BCUT2D eigenvalue weighted by Crippen LogP contribution is 2.56. The first kappa shape index (κ1) is 33.6. The molecule has 0 saturated heterocycles. The van der Waals surface area contributed by atoms with E-state index in [0.29, 0.717) is 5.69 Å². The highest BCUT2D eigenvalue weighted by molar-refractivity contribution is 6.26. The summed E-state index contributed by atoms with van der Waals surface area (Å²) < 4.78 is 20.6. The maximum absolute atomic E-state index is 15.4. The largest absolute Gasteiger partial charge is 0.466 e. The van der Waals surface area contributed by atoms with E-state index in [0.717, 1.165) is 39.6 Å². The number of para-hydroxylation sites is 1. The average Bonchev–Trinajstić information content (AvgIpc) is 3.33. The van der Waals surface area contributed by atoms with Gasteiger partial charge in [0.1, 0.15) is 11.3 Å². The predicted molar refractivity (Wildman–Crippen MR) is 175 cm³/mol. The van der Waals surface area contributed by atoms with Crippen molar-refractivity contribution in [3.8, 4) is 0 Å². The number of amides is 1. The highest BCUT2D eigenvalue weighted by atomic mass is 16.5.